The number of urea groups is 1. The first-order valence-corrected chi connectivity index (χ1v) is 4.82. The van der Waals surface area contributed by atoms with E-state index in [9.17, 15) is 9.59 Å². The minimum atomic E-state index is -0.887. The standard InChI is InChI=1S/C6H10N6O2S/c1-2(3(13)9-5(8)14)15-6-10-4(7)11-12-6/h2H,1H3,(H3,7,10,11,12)(H3,8,9,13,14)/t2-/m0/s1. The number of anilines is 1. The molecule has 0 aliphatic rings. The largest absolute Gasteiger partial charge is 0.368 e. The first-order chi connectivity index (χ1) is 6.99. The van der Waals surface area contributed by atoms with Crippen LogP contribution in [0.1, 0.15) is 6.92 Å². The average Bonchev–Trinajstić information content (AvgIpc) is 2.50. The van der Waals surface area contributed by atoms with E-state index < -0.39 is 17.2 Å². The van der Waals surface area contributed by atoms with E-state index in [1.54, 1.807) is 6.92 Å². The Morgan fingerprint density at radius 3 is 2.73 bits per heavy atom. The van der Waals surface area contributed by atoms with Crippen LogP contribution in [0.25, 0.3) is 0 Å². The zero-order valence-electron chi connectivity index (χ0n) is 7.85. The van der Waals surface area contributed by atoms with Gasteiger partial charge >= 0.3 is 6.03 Å². The Morgan fingerprint density at radius 2 is 2.27 bits per heavy atom. The molecule has 1 rings (SSSR count). The molecule has 0 saturated heterocycles. The SMILES string of the molecule is C[C@H](Sc1n[nH]c(N)n1)C(=O)NC(N)=O. The lowest BCUT2D eigenvalue weighted by molar-refractivity contribution is -0.119. The topological polar surface area (TPSA) is 140 Å². The quantitative estimate of drug-likeness (QED) is 0.494. The van der Waals surface area contributed by atoms with E-state index in [0.717, 1.165) is 11.8 Å². The van der Waals surface area contributed by atoms with E-state index in [2.05, 4.69) is 15.2 Å². The highest BCUT2D eigenvalue weighted by atomic mass is 32.2. The van der Waals surface area contributed by atoms with Crippen LogP contribution in [0.5, 0.6) is 0 Å². The Labute approximate surface area is 89.2 Å². The fraction of sp³-hybridized carbons (Fsp3) is 0.333. The number of hydrogen-bond donors (Lipinski definition) is 4. The first-order valence-electron chi connectivity index (χ1n) is 3.94. The monoisotopic (exact) mass is 230 g/mol. The summed E-state index contributed by atoms with van der Waals surface area (Å²) in [7, 11) is 0. The molecule has 0 spiro atoms. The van der Waals surface area contributed by atoms with Crippen molar-refractivity contribution in [1.29, 1.82) is 0 Å². The predicted molar refractivity (Wildman–Crippen MR) is 53.8 cm³/mol. The summed E-state index contributed by atoms with van der Waals surface area (Å²) in [4.78, 5) is 25.4. The second-order valence-corrected chi connectivity index (χ2v) is 3.92. The van der Waals surface area contributed by atoms with Crippen molar-refractivity contribution in [2.45, 2.75) is 17.3 Å². The molecule has 0 fully saturated rings. The van der Waals surface area contributed by atoms with Gasteiger partial charge in [0.25, 0.3) is 0 Å². The van der Waals surface area contributed by atoms with E-state index in [1.165, 1.54) is 0 Å². The predicted octanol–water partition coefficient (Wildman–Crippen LogP) is -0.938. The van der Waals surface area contributed by atoms with Gasteiger partial charge in [0.05, 0.1) is 5.25 Å². The van der Waals surface area contributed by atoms with Crippen LogP contribution in [-0.4, -0.2) is 32.4 Å². The molecule has 1 heterocycles. The van der Waals surface area contributed by atoms with E-state index in [4.69, 9.17) is 11.5 Å². The molecule has 1 aromatic heterocycles. The molecule has 0 saturated carbocycles. The lowest BCUT2D eigenvalue weighted by Crippen LogP contribution is -2.39. The highest BCUT2D eigenvalue weighted by Crippen LogP contribution is 2.19. The summed E-state index contributed by atoms with van der Waals surface area (Å²) in [6.45, 7) is 1.59. The van der Waals surface area contributed by atoms with Gasteiger partial charge in [0.15, 0.2) is 0 Å². The number of imide groups is 1. The maximum atomic E-state index is 11.2. The summed E-state index contributed by atoms with van der Waals surface area (Å²) in [6, 6.07) is -0.887. The number of carbonyl (C=O) groups excluding carboxylic acids is 2. The van der Waals surface area contributed by atoms with Crippen LogP contribution in [0.4, 0.5) is 10.7 Å². The highest BCUT2D eigenvalue weighted by molar-refractivity contribution is 8.00. The molecule has 0 radical (unpaired) electrons. The van der Waals surface area contributed by atoms with E-state index >= 15 is 0 Å². The van der Waals surface area contributed by atoms with Crippen molar-refractivity contribution >= 4 is 29.6 Å². The van der Waals surface area contributed by atoms with Gasteiger partial charge in [-0.3, -0.25) is 10.1 Å². The fourth-order valence-electron chi connectivity index (χ4n) is 0.746. The third kappa shape index (κ3) is 3.46. The van der Waals surface area contributed by atoms with Gasteiger partial charge in [-0.05, 0) is 6.92 Å². The van der Waals surface area contributed by atoms with Crippen molar-refractivity contribution < 1.29 is 9.59 Å². The number of nitrogens with two attached hydrogens (primary N) is 2. The van der Waals surface area contributed by atoms with Crippen LogP contribution in [-0.2, 0) is 4.79 Å². The van der Waals surface area contributed by atoms with Gasteiger partial charge in [-0.1, -0.05) is 11.8 Å². The van der Waals surface area contributed by atoms with Gasteiger partial charge in [0.1, 0.15) is 0 Å². The van der Waals surface area contributed by atoms with Gasteiger partial charge in [-0.25, -0.2) is 9.89 Å². The number of aromatic nitrogens is 3. The van der Waals surface area contributed by atoms with Crippen LogP contribution >= 0.6 is 11.8 Å². The number of nitrogen functional groups attached to an aromatic ring is 1. The summed E-state index contributed by atoms with van der Waals surface area (Å²) >= 11 is 1.06. The number of thioether (sulfide) groups is 1. The Morgan fingerprint density at radius 1 is 1.60 bits per heavy atom. The molecule has 15 heavy (non-hydrogen) atoms. The van der Waals surface area contributed by atoms with Crippen LogP contribution in [0, 0.1) is 0 Å². The lowest BCUT2D eigenvalue weighted by Gasteiger charge is -2.06. The van der Waals surface area contributed by atoms with Gasteiger partial charge in [0, 0.05) is 0 Å². The van der Waals surface area contributed by atoms with E-state index in [-0.39, 0.29) is 5.95 Å². The lowest BCUT2D eigenvalue weighted by atomic mass is 10.4. The molecule has 9 heteroatoms. The van der Waals surface area contributed by atoms with Crippen molar-refractivity contribution in [3.8, 4) is 0 Å². The summed E-state index contributed by atoms with van der Waals surface area (Å²) < 4.78 is 0. The third-order valence-corrected chi connectivity index (χ3v) is 2.34. The zero-order valence-corrected chi connectivity index (χ0v) is 8.67. The van der Waals surface area contributed by atoms with Gasteiger partial charge in [-0.15, -0.1) is 5.10 Å². The Kier molecular flexibility index (Phi) is 3.50. The molecule has 8 nitrogen and oxygen atoms in total. The maximum Gasteiger partial charge on any atom is 0.318 e. The van der Waals surface area contributed by atoms with Crippen LogP contribution in [0.3, 0.4) is 0 Å². The van der Waals surface area contributed by atoms with Crippen molar-refractivity contribution in [2.24, 2.45) is 5.73 Å². The number of hydrogen-bond acceptors (Lipinski definition) is 6. The van der Waals surface area contributed by atoms with E-state index in [1.807, 2.05) is 5.32 Å². The molecule has 6 N–H and O–H groups in total. The average molecular weight is 230 g/mol. The molecule has 0 aliphatic carbocycles. The number of nitrogens with zero attached hydrogens (tertiary/aromatic N) is 2. The summed E-state index contributed by atoms with van der Waals surface area (Å²) in [6.07, 6.45) is 0. The molecule has 0 aromatic carbocycles. The van der Waals surface area contributed by atoms with Gasteiger partial charge in [0.2, 0.25) is 17.0 Å². The second kappa shape index (κ2) is 4.64. The zero-order chi connectivity index (χ0) is 11.4. The first kappa shape index (κ1) is 11.3. The molecular formula is C6H10N6O2S. The van der Waals surface area contributed by atoms with E-state index in [0.29, 0.717) is 5.16 Å². The Bertz CT molecular complexity index is 377. The summed E-state index contributed by atoms with van der Waals surface area (Å²) in [5.41, 5.74) is 10.1. The molecule has 1 aromatic rings. The highest BCUT2D eigenvalue weighted by Gasteiger charge is 2.17. The van der Waals surface area contributed by atoms with Crippen molar-refractivity contribution in [1.82, 2.24) is 20.5 Å². The number of rotatable bonds is 3. The molecule has 82 valence electrons. The van der Waals surface area contributed by atoms with Crippen LogP contribution < -0.4 is 16.8 Å². The number of primary amides is 1. The van der Waals surface area contributed by atoms with Gasteiger partial charge in [-0.2, -0.15) is 4.98 Å². The minimum absolute atomic E-state index is 0.167. The van der Waals surface area contributed by atoms with Crippen LogP contribution in [0.15, 0.2) is 5.16 Å². The molecular weight excluding hydrogens is 220 g/mol. The van der Waals surface area contributed by atoms with Crippen molar-refractivity contribution in [3.63, 3.8) is 0 Å². The smallest absolute Gasteiger partial charge is 0.318 e. The number of amides is 3. The fourth-order valence-corrected chi connectivity index (χ4v) is 1.48. The van der Waals surface area contributed by atoms with Crippen molar-refractivity contribution in [2.75, 3.05) is 5.73 Å². The molecule has 0 aliphatic heterocycles. The van der Waals surface area contributed by atoms with Crippen LogP contribution in [0.2, 0.25) is 0 Å². The molecule has 0 unspecified atom stereocenters. The van der Waals surface area contributed by atoms with Gasteiger partial charge < -0.3 is 11.5 Å². The Balaban J connectivity index is 2.51. The third-order valence-electron chi connectivity index (χ3n) is 1.38. The molecule has 1 atom stereocenters. The molecule has 0 bridgehead atoms. The number of H-pyrrole nitrogens is 1. The number of carbonyl (C=O) groups is 2. The summed E-state index contributed by atoms with van der Waals surface area (Å²) in [5.74, 6) is -0.337. The second-order valence-electron chi connectivity index (χ2n) is 2.62. The maximum absolute atomic E-state index is 11.2. The summed E-state index contributed by atoms with van der Waals surface area (Å²) in [5, 5.41) is 7.90. The van der Waals surface area contributed by atoms with Crippen molar-refractivity contribution in [3.05, 3.63) is 0 Å². The normalized spacial score (nSPS) is 12.1. The number of aromatic amines is 1. The molecule has 3 amide bonds. The Hall–Kier alpha value is -1.77. The minimum Gasteiger partial charge on any atom is -0.368 e. The number of nitrogens with one attached hydrogen (secondary N) is 2.